The average Bonchev–Trinajstić information content (AvgIpc) is 3.25. The van der Waals surface area contributed by atoms with Crippen LogP contribution in [0.4, 0.5) is 0 Å². The van der Waals surface area contributed by atoms with E-state index in [0.29, 0.717) is 11.8 Å². The van der Waals surface area contributed by atoms with E-state index in [1.807, 2.05) is 18.2 Å². The molecule has 1 amide bonds. The van der Waals surface area contributed by atoms with Crippen LogP contribution in [0.5, 0.6) is 0 Å². The average molecular weight is 355 g/mol. The molecule has 2 saturated heterocycles. The summed E-state index contributed by atoms with van der Waals surface area (Å²) in [5.41, 5.74) is 1.22. The molecule has 0 aromatic heterocycles. The summed E-state index contributed by atoms with van der Waals surface area (Å²) in [6.45, 7) is 4.17. The molecule has 3 nitrogen and oxygen atoms in total. The van der Waals surface area contributed by atoms with Gasteiger partial charge in [-0.15, -0.1) is 12.4 Å². The number of likely N-dealkylation sites (tertiary alicyclic amines) is 1. The third-order valence-corrected chi connectivity index (χ3v) is 5.95. The van der Waals surface area contributed by atoms with Crippen LogP contribution in [0.3, 0.4) is 0 Å². The lowest BCUT2D eigenvalue weighted by atomic mass is 9.92. The van der Waals surface area contributed by atoms with Crippen LogP contribution in [0, 0.1) is 17.8 Å². The molecule has 126 valence electrons. The van der Waals surface area contributed by atoms with Gasteiger partial charge in [-0.1, -0.05) is 23.7 Å². The SMILES string of the molecule is Cl.O=C(C1CC1c1cccc(Cl)c1)N1CC[C@@H]2CNC[C@@H]2CC1. The van der Waals surface area contributed by atoms with E-state index < -0.39 is 0 Å². The number of amides is 1. The number of nitrogens with one attached hydrogen (secondary N) is 1. The van der Waals surface area contributed by atoms with E-state index >= 15 is 0 Å². The van der Waals surface area contributed by atoms with Crippen molar-refractivity contribution in [1.29, 1.82) is 0 Å². The predicted octanol–water partition coefficient (Wildman–Crippen LogP) is 3.32. The smallest absolute Gasteiger partial charge is 0.226 e. The zero-order valence-corrected chi connectivity index (χ0v) is 14.8. The molecule has 3 fully saturated rings. The first-order valence-corrected chi connectivity index (χ1v) is 8.85. The van der Waals surface area contributed by atoms with Crippen molar-refractivity contribution in [2.45, 2.75) is 25.2 Å². The molecule has 5 heteroatoms. The second kappa shape index (κ2) is 7.00. The van der Waals surface area contributed by atoms with E-state index in [9.17, 15) is 4.79 Å². The maximum Gasteiger partial charge on any atom is 0.226 e. The summed E-state index contributed by atoms with van der Waals surface area (Å²) < 4.78 is 0. The van der Waals surface area contributed by atoms with Crippen LogP contribution in [0.15, 0.2) is 24.3 Å². The monoisotopic (exact) mass is 354 g/mol. The van der Waals surface area contributed by atoms with Crippen molar-refractivity contribution >= 4 is 29.9 Å². The van der Waals surface area contributed by atoms with E-state index in [1.54, 1.807) is 0 Å². The van der Waals surface area contributed by atoms with E-state index in [4.69, 9.17) is 11.6 Å². The standard InChI is InChI=1S/C18H23ClN2O.ClH/c19-15-3-1-2-12(8-15)16-9-17(16)18(22)21-6-4-13-10-20-11-14(13)5-7-21;/h1-3,8,13-14,16-17,20H,4-7,9-11H2;1H/t13-,14+,16?,17?;. The van der Waals surface area contributed by atoms with Crippen LogP contribution < -0.4 is 5.32 Å². The lowest BCUT2D eigenvalue weighted by molar-refractivity contribution is -0.132. The summed E-state index contributed by atoms with van der Waals surface area (Å²) in [6, 6.07) is 7.99. The Morgan fingerprint density at radius 3 is 2.52 bits per heavy atom. The molecule has 1 N–H and O–H groups in total. The summed E-state index contributed by atoms with van der Waals surface area (Å²) in [5.74, 6) is 2.50. The van der Waals surface area contributed by atoms with E-state index in [0.717, 1.165) is 62.3 Å². The summed E-state index contributed by atoms with van der Waals surface area (Å²) in [5, 5.41) is 4.26. The zero-order chi connectivity index (χ0) is 15.1. The van der Waals surface area contributed by atoms with Crippen molar-refractivity contribution in [1.82, 2.24) is 10.2 Å². The number of rotatable bonds is 2. The normalized spacial score (nSPS) is 32.7. The number of benzene rings is 1. The largest absolute Gasteiger partial charge is 0.342 e. The Labute approximate surface area is 149 Å². The third-order valence-electron chi connectivity index (χ3n) is 5.72. The highest BCUT2D eigenvalue weighted by Crippen LogP contribution is 2.49. The number of carbonyl (C=O) groups is 1. The first-order valence-electron chi connectivity index (χ1n) is 8.47. The van der Waals surface area contributed by atoms with Crippen LogP contribution in [0.2, 0.25) is 5.02 Å². The molecule has 4 rings (SSSR count). The molecule has 1 saturated carbocycles. The van der Waals surface area contributed by atoms with Gasteiger partial charge in [-0.25, -0.2) is 0 Å². The molecular formula is C18H24Cl2N2O. The quantitative estimate of drug-likeness (QED) is 0.883. The van der Waals surface area contributed by atoms with E-state index in [1.165, 1.54) is 5.56 Å². The second-order valence-electron chi connectivity index (χ2n) is 7.08. The summed E-state index contributed by atoms with van der Waals surface area (Å²) in [4.78, 5) is 14.9. The molecule has 0 radical (unpaired) electrons. The van der Waals surface area contributed by atoms with Crippen molar-refractivity contribution < 1.29 is 4.79 Å². The summed E-state index contributed by atoms with van der Waals surface area (Å²) >= 11 is 6.07. The number of nitrogens with zero attached hydrogens (tertiary/aromatic N) is 1. The summed E-state index contributed by atoms with van der Waals surface area (Å²) in [7, 11) is 0. The Balaban J connectivity index is 0.00000156. The molecule has 1 aromatic rings. The van der Waals surface area contributed by atoms with Crippen molar-refractivity contribution in [3.05, 3.63) is 34.9 Å². The lowest BCUT2D eigenvalue weighted by Gasteiger charge is -2.21. The molecule has 0 spiro atoms. The molecule has 23 heavy (non-hydrogen) atoms. The predicted molar refractivity (Wildman–Crippen MR) is 95.2 cm³/mol. The Morgan fingerprint density at radius 1 is 1.17 bits per heavy atom. The van der Waals surface area contributed by atoms with Gasteiger partial charge in [0.15, 0.2) is 0 Å². The molecule has 1 aromatic carbocycles. The van der Waals surface area contributed by atoms with Crippen molar-refractivity contribution in [2.75, 3.05) is 26.2 Å². The molecule has 2 heterocycles. The highest BCUT2D eigenvalue weighted by Gasteiger charge is 2.46. The van der Waals surface area contributed by atoms with Gasteiger partial charge in [0.2, 0.25) is 5.91 Å². The van der Waals surface area contributed by atoms with Gasteiger partial charge in [-0.3, -0.25) is 4.79 Å². The minimum absolute atomic E-state index is 0. The van der Waals surface area contributed by atoms with Crippen molar-refractivity contribution in [3.8, 4) is 0 Å². The van der Waals surface area contributed by atoms with Gasteiger partial charge in [0.1, 0.15) is 0 Å². The molecule has 2 unspecified atom stereocenters. The second-order valence-corrected chi connectivity index (χ2v) is 7.52. The Kier molecular flexibility index (Phi) is 5.19. The zero-order valence-electron chi connectivity index (χ0n) is 13.2. The fourth-order valence-corrected chi connectivity index (χ4v) is 4.45. The van der Waals surface area contributed by atoms with E-state index in [2.05, 4.69) is 16.3 Å². The number of fused-ring (bicyclic) bond motifs is 1. The van der Waals surface area contributed by atoms with Crippen LogP contribution in [0.25, 0.3) is 0 Å². The minimum atomic E-state index is 0. The molecular weight excluding hydrogens is 331 g/mol. The number of halogens is 2. The topological polar surface area (TPSA) is 32.3 Å². The van der Waals surface area contributed by atoms with Crippen LogP contribution in [0.1, 0.15) is 30.7 Å². The van der Waals surface area contributed by atoms with Gasteiger partial charge in [-0.2, -0.15) is 0 Å². The van der Waals surface area contributed by atoms with Gasteiger partial charge in [0.05, 0.1) is 0 Å². The number of carbonyl (C=O) groups excluding carboxylic acids is 1. The third kappa shape index (κ3) is 3.52. The van der Waals surface area contributed by atoms with Crippen LogP contribution in [-0.4, -0.2) is 37.0 Å². The van der Waals surface area contributed by atoms with Gasteiger partial charge in [0.25, 0.3) is 0 Å². The van der Waals surface area contributed by atoms with Gasteiger partial charge in [-0.05, 0) is 67.8 Å². The van der Waals surface area contributed by atoms with Gasteiger partial charge >= 0.3 is 0 Å². The summed E-state index contributed by atoms with van der Waals surface area (Å²) in [6.07, 6.45) is 3.32. The van der Waals surface area contributed by atoms with Crippen molar-refractivity contribution in [3.63, 3.8) is 0 Å². The molecule has 2 aliphatic heterocycles. The number of hydrogen-bond donors (Lipinski definition) is 1. The van der Waals surface area contributed by atoms with Gasteiger partial charge in [0, 0.05) is 24.0 Å². The van der Waals surface area contributed by atoms with Crippen LogP contribution >= 0.6 is 24.0 Å². The number of hydrogen-bond acceptors (Lipinski definition) is 2. The maximum atomic E-state index is 12.8. The first-order chi connectivity index (χ1) is 10.7. The fourth-order valence-electron chi connectivity index (χ4n) is 4.25. The van der Waals surface area contributed by atoms with Crippen LogP contribution in [-0.2, 0) is 4.79 Å². The van der Waals surface area contributed by atoms with Gasteiger partial charge < -0.3 is 10.2 Å². The highest BCUT2D eigenvalue weighted by molar-refractivity contribution is 6.30. The first kappa shape index (κ1) is 17.1. The fraction of sp³-hybridized carbons (Fsp3) is 0.611. The minimum Gasteiger partial charge on any atom is -0.342 e. The molecule has 0 bridgehead atoms. The molecule has 4 atom stereocenters. The highest BCUT2D eigenvalue weighted by atomic mass is 35.5. The molecule has 1 aliphatic carbocycles. The van der Waals surface area contributed by atoms with Crippen molar-refractivity contribution in [2.24, 2.45) is 17.8 Å². The lowest BCUT2D eigenvalue weighted by Crippen LogP contribution is -2.34. The maximum absolute atomic E-state index is 12.8. The Morgan fingerprint density at radius 2 is 1.87 bits per heavy atom. The van der Waals surface area contributed by atoms with E-state index in [-0.39, 0.29) is 18.3 Å². The molecule has 3 aliphatic rings. The Hall–Kier alpha value is -0.770. The Bertz CT molecular complexity index is 566.